The van der Waals surface area contributed by atoms with Crippen LogP contribution in [-0.2, 0) is 0 Å². The number of urea groups is 1. The molecule has 2 amide bonds. The van der Waals surface area contributed by atoms with E-state index in [9.17, 15) is 22.4 Å². The molecule has 0 unspecified atom stereocenters. The largest absolute Gasteiger partial charge is 0.492 e. The number of hydrogen-bond donors (Lipinski definition) is 1. The van der Waals surface area contributed by atoms with E-state index in [1.807, 2.05) is 10.2 Å². The summed E-state index contributed by atoms with van der Waals surface area (Å²) >= 11 is 5.79. The maximum absolute atomic E-state index is 13.8. The van der Waals surface area contributed by atoms with Crippen LogP contribution in [0.15, 0.2) is 42.5 Å². The van der Waals surface area contributed by atoms with E-state index < -0.39 is 18.1 Å². The standard InChI is InChI=1S/C19H16ClF4N3O3/c20-12-1-6-15-16(11-12)30-19(29-15,18(22,23)24)25-17(28)27-9-7-26(8-10-27)14-4-2-13(21)3-5-14/h1-6,11H,7-10H2,(H,25,28)/t19-/m0/s1. The number of alkyl halides is 3. The lowest BCUT2D eigenvalue weighted by Crippen LogP contribution is -2.67. The monoisotopic (exact) mass is 445 g/mol. The molecule has 6 nitrogen and oxygen atoms in total. The highest BCUT2D eigenvalue weighted by molar-refractivity contribution is 6.30. The fourth-order valence-electron chi connectivity index (χ4n) is 3.25. The summed E-state index contributed by atoms with van der Waals surface area (Å²) in [6.07, 6.45) is -5.05. The number of rotatable bonds is 2. The van der Waals surface area contributed by atoms with Gasteiger partial charge in [0.2, 0.25) is 0 Å². The molecule has 2 heterocycles. The molecule has 2 aromatic rings. The predicted octanol–water partition coefficient (Wildman–Crippen LogP) is 4.00. The fourth-order valence-corrected chi connectivity index (χ4v) is 3.42. The molecule has 0 saturated carbocycles. The highest BCUT2D eigenvalue weighted by Gasteiger charge is 2.66. The van der Waals surface area contributed by atoms with Gasteiger partial charge in [-0.3, -0.25) is 5.32 Å². The SMILES string of the molecule is O=C(N[C@@]1(C(F)(F)F)Oc2ccc(Cl)cc2O1)N1CCN(c2ccc(F)cc2)CC1. The van der Waals surface area contributed by atoms with Crippen molar-refractivity contribution in [1.29, 1.82) is 0 Å². The first-order valence-electron chi connectivity index (χ1n) is 8.99. The third-order valence-electron chi connectivity index (χ3n) is 4.82. The maximum atomic E-state index is 13.8. The summed E-state index contributed by atoms with van der Waals surface area (Å²) < 4.78 is 64.3. The summed E-state index contributed by atoms with van der Waals surface area (Å²) in [7, 11) is 0. The predicted molar refractivity (Wildman–Crippen MR) is 100 cm³/mol. The quantitative estimate of drug-likeness (QED) is 0.710. The minimum Gasteiger partial charge on any atom is -0.424 e. The summed E-state index contributed by atoms with van der Waals surface area (Å²) in [5, 5.41) is 2.00. The van der Waals surface area contributed by atoms with Crippen LogP contribution in [0.1, 0.15) is 0 Å². The van der Waals surface area contributed by atoms with Crippen molar-refractivity contribution in [2.45, 2.75) is 12.1 Å². The Morgan fingerprint density at radius 1 is 1.00 bits per heavy atom. The zero-order valence-electron chi connectivity index (χ0n) is 15.4. The molecule has 4 rings (SSSR count). The van der Waals surface area contributed by atoms with Crippen LogP contribution < -0.4 is 19.7 Å². The van der Waals surface area contributed by atoms with E-state index in [-0.39, 0.29) is 35.4 Å². The maximum Gasteiger partial charge on any atom is 0.492 e. The molecule has 0 spiro atoms. The van der Waals surface area contributed by atoms with Crippen molar-refractivity contribution in [2.24, 2.45) is 0 Å². The van der Waals surface area contributed by atoms with E-state index in [2.05, 4.69) is 0 Å². The van der Waals surface area contributed by atoms with Crippen LogP contribution in [0.5, 0.6) is 11.5 Å². The smallest absolute Gasteiger partial charge is 0.424 e. The molecule has 0 aliphatic carbocycles. The number of carbonyl (C=O) groups excluding carboxylic acids is 1. The molecule has 1 fully saturated rings. The number of benzene rings is 2. The number of nitrogens with one attached hydrogen (secondary N) is 1. The Morgan fingerprint density at radius 3 is 2.27 bits per heavy atom. The summed E-state index contributed by atoms with van der Waals surface area (Å²) in [4.78, 5) is 15.7. The molecule has 1 N–H and O–H groups in total. The number of ether oxygens (including phenoxy) is 2. The van der Waals surface area contributed by atoms with Crippen LogP contribution in [0, 0.1) is 5.82 Å². The van der Waals surface area contributed by atoms with Gasteiger partial charge in [0.15, 0.2) is 11.5 Å². The summed E-state index contributed by atoms with van der Waals surface area (Å²) in [5.41, 5.74) is 0.762. The number of piperazine rings is 1. The zero-order valence-corrected chi connectivity index (χ0v) is 16.1. The lowest BCUT2D eigenvalue weighted by atomic mass is 10.2. The summed E-state index contributed by atoms with van der Waals surface area (Å²) in [5.74, 6) is -4.11. The molecule has 30 heavy (non-hydrogen) atoms. The first kappa shape index (κ1) is 20.4. The van der Waals surface area contributed by atoms with Gasteiger partial charge in [0.1, 0.15) is 5.82 Å². The van der Waals surface area contributed by atoms with Crippen molar-refractivity contribution >= 4 is 23.3 Å². The van der Waals surface area contributed by atoms with Gasteiger partial charge in [-0.05, 0) is 36.4 Å². The molecule has 2 aliphatic heterocycles. The van der Waals surface area contributed by atoms with Crippen molar-refractivity contribution < 1.29 is 31.8 Å². The number of hydrogen-bond acceptors (Lipinski definition) is 4. The van der Waals surface area contributed by atoms with E-state index in [1.165, 1.54) is 35.2 Å². The van der Waals surface area contributed by atoms with Crippen LogP contribution >= 0.6 is 11.6 Å². The van der Waals surface area contributed by atoms with E-state index in [0.717, 1.165) is 5.69 Å². The van der Waals surface area contributed by atoms with E-state index >= 15 is 0 Å². The number of nitrogens with zero attached hydrogens (tertiary/aromatic N) is 2. The number of amides is 2. The first-order valence-corrected chi connectivity index (χ1v) is 9.37. The second-order valence-corrected chi connectivity index (χ2v) is 7.23. The lowest BCUT2D eigenvalue weighted by molar-refractivity contribution is -0.318. The van der Waals surface area contributed by atoms with Crippen molar-refractivity contribution in [3.8, 4) is 11.5 Å². The summed E-state index contributed by atoms with van der Waals surface area (Å²) in [6.45, 7) is 1.07. The average Bonchev–Trinajstić information content (AvgIpc) is 3.07. The second kappa shape index (κ2) is 7.42. The fraction of sp³-hybridized carbons (Fsp3) is 0.316. The highest BCUT2D eigenvalue weighted by Crippen LogP contribution is 2.46. The Balaban J connectivity index is 1.44. The van der Waals surface area contributed by atoms with Gasteiger partial charge >= 0.3 is 18.1 Å². The molecule has 160 valence electrons. The molecule has 2 aromatic carbocycles. The topological polar surface area (TPSA) is 54.0 Å². The Hall–Kier alpha value is -2.88. The zero-order chi connectivity index (χ0) is 21.5. The Bertz CT molecular complexity index is 949. The van der Waals surface area contributed by atoms with Crippen molar-refractivity contribution in [2.75, 3.05) is 31.1 Å². The first-order chi connectivity index (χ1) is 14.2. The number of halogens is 5. The normalized spacial score (nSPS) is 21.0. The van der Waals surface area contributed by atoms with Gasteiger partial charge in [-0.2, -0.15) is 13.2 Å². The third-order valence-corrected chi connectivity index (χ3v) is 5.05. The van der Waals surface area contributed by atoms with E-state index in [1.54, 1.807) is 12.1 Å². The van der Waals surface area contributed by atoms with Crippen LogP contribution in [0.2, 0.25) is 5.02 Å². The Morgan fingerprint density at radius 2 is 1.63 bits per heavy atom. The van der Waals surface area contributed by atoms with E-state index in [4.69, 9.17) is 21.1 Å². The third kappa shape index (κ3) is 3.79. The highest BCUT2D eigenvalue weighted by atomic mass is 35.5. The molecular weight excluding hydrogens is 430 g/mol. The number of carbonyl (C=O) groups is 1. The number of fused-ring (bicyclic) bond motifs is 1. The lowest BCUT2D eigenvalue weighted by Gasteiger charge is -2.38. The average molecular weight is 446 g/mol. The van der Waals surface area contributed by atoms with Crippen LogP contribution in [-0.4, -0.2) is 49.2 Å². The van der Waals surface area contributed by atoms with E-state index in [0.29, 0.717) is 13.1 Å². The molecule has 1 atom stereocenters. The van der Waals surface area contributed by atoms with Crippen molar-refractivity contribution in [3.63, 3.8) is 0 Å². The minimum absolute atomic E-state index is 0.163. The molecule has 0 bridgehead atoms. The van der Waals surface area contributed by atoms with Crippen molar-refractivity contribution in [3.05, 3.63) is 53.3 Å². The van der Waals surface area contributed by atoms with Gasteiger partial charge in [-0.25, -0.2) is 9.18 Å². The summed E-state index contributed by atoms with van der Waals surface area (Å²) in [6, 6.07) is 8.63. The van der Waals surface area contributed by atoms with Gasteiger partial charge in [0.25, 0.3) is 0 Å². The molecule has 1 saturated heterocycles. The van der Waals surface area contributed by atoms with Gasteiger partial charge < -0.3 is 19.3 Å². The Labute approximate surface area is 173 Å². The molecule has 2 aliphatic rings. The van der Waals surface area contributed by atoms with Gasteiger partial charge in [-0.15, -0.1) is 0 Å². The molecular formula is C19H16ClF4N3O3. The van der Waals surface area contributed by atoms with Crippen LogP contribution in [0.3, 0.4) is 0 Å². The van der Waals surface area contributed by atoms with Crippen molar-refractivity contribution in [1.82, 2.24) is 10.2 Å². The molecule has 11 heteroatoms. The van der Waals surface area contributed by atoms with Crippen LogP contribution in [0.4, 0.5) is 28.0 Å². The van der Waals surface area contributed by atoms with Gasteiger partial charge in [-0.1, -0.05) is 11.6 Å². The minimum atomic E-state index is -5.05. The van der Waals surface area contributed by atoms with Gasteiger partial charge in [0, 0.05) is 43.0 Å². The van der Waals surface area contributed by atoms with Crippen LogP contribution in [0.25, 0.3) is 0 Å². The Kier molecular flexibility index (Phi) is 5.05. The second-order valence-electron chi connectivity index (χ2n) is 6.79. The molecule has 0 aromatic heterocycles. The molecule has 0 radical (unpaired) electrons. The van der Waals surface area contributed by atoms with Gasteiger partial charge in [0.05, 0.1) is 0 Å². The number of anilines is 1.